The van der Waals surface area contributed by atoms with Crippen LogP contribution in [0.2, 0.25) is 0 Å². The summed E-state index contributed by atoms with van der Waals surface area (Å²) >= 11 is 3.28. The van der Waals surface area contributed by atoms with Gasteiger partial charge in [0.25, 0.3) is 5.91 Å². The van der Waals surface area contributed by atoms with Crippen molar-refractivity contribution in [1.82, 2.24) is 0 Å². The summed E-state index contributed by atoms with van der Waals surface area (Å²) in [6.07, 6.45) is -0.878. The van der Waals surface area contributed by atoms with E-state index >= 15 is 0 Å². The van der Waals surface area contributed by atoms with Gasteiger partial charge in [0.2, 0.25) is 0 Å². The second kappa shape index (κ2) is 7.04. The monoisotopic (exact) mass is 347 g/mol. The second-order valence-electron chi connectivity index (χ2n) is 4.41. The van der Waals surface area contributed by atoms with Crippen molar-refractivity contribution in [2.24, 2.45) is 0 Å². The normalized spacial score (nSPS) is 11.5. The van der Waals surface area contributed by atoms with Crippen LogP contribution in [0.4, 0.5) is 5.69 Å². The van der Waals surface area contributed by atoms with Crippen LogP contribution in [-0.4, -0.2) is 18.0 Å². The maximum Gasteiger partial charge on any atom is 0.338 e. The van der Waals surface area contributed by atoms with Crippen molar-refractivity contribution in [2.75, 3.05) is 5.32 Å². The fourth-order valence-corrected chi connectivity index (χ4v) is 2.06. The Morgan fingerprint density at radius 3 is 2.48 bits per heavy atom. The third kappa shape index (κ3) is 4.43. The van der Waals surface area contributed by atoms with Crippen LogP contribution in [0.5, 0.6) is 0 Å². The van der Waals surface area contributed by atoms with Crippen LogP contribution in [-0.2, 0) is 9.53 Å². The van der Waals surface area contributed by atoms with Crippen molar-refractivity contribution in [3.63, 3.8) is 0 Å². The standard InChI is InChI=1S/C16H14BrNO3/c1-11(15(19)18-14-8-3-2-4-9-14)21-16(20)12-6-5-7-13(17)10-12/h2-11H,1H3,(H,18,19). The molecule has 2 rings (SSSR count). The minimum Gasteiger partial charge on any atom is -0.449 e. The van der Waals surface area contributed by atoms with Crippen LogP contribution in [0.1, 0.15) is 17.3 Å². The van der Waals surface area contributed by atoms with Crippen LogP contribution in [0.25, 0.3) is 0 Å². The summed E-state index contributed by atoms with van der Waals surface area (Å²) in [6.45, 7) is 1.54. The van der Waals surface area contributed by atoms with Crippen molar-refractivity contribution in [3.05, 3.63) is 64.6 Å². The molecule has 0 aliphatic heterocycles. The zero-order valence-corrected chi connectivity index (χ0v) is 13.0. The second-order valence-corrected chi connectivity index (χ2v) is 5.33. The quantitative estimate of drug-likeness (QED) is 0.859. The van der Waals surface area contributed by atoms with Crippen molar-refractivity contribution in [1.29, 1.82) is 0 Å². The van der Waals surface area contributed by atoms with E-state index in [-0.39, 0.29) is 5.91 Å². The minimum atomic E-state index is -0.878. The summed E-state index contributed by atoms with van der Waals surface area (Å²) in [7, 11) is 0. The van der Waals surface area contributed by atoms with E-state index in [2.05, 4.69) is 21.2 Å². The molecule has 0 aromatic heterocycles. The van der Waals surface area contributed by atoms with Gasteiger partial charge in [0.1, 0.15) is 0 Å². The Hall–Kier alpha value is -2.14. The molecule has 0 bridgehead atoms. The van der Waals surface area contributed by atoms with E-state index in [1.54, 1.807) is 30.3 Å². The maximum atomic E-state index is 11.9. The van der Waals surface area contributed by atoms with E-state index in [9.17, 15) is 9.59 Å². The van der Waals surface area contributed by atoms with Gasteiger partial charge in [-0.15, -0.1) is 0 Å². The van der Waals surface area contributed by atoms with E-state index in [0.29, 0.717) is 11.3 Å². The lowest BCUT2D eigenvalue weighted by Crippen LogP contribution is -2.29. The number of esters is 1. The Balaban J connectivity index is 1.96. The smallest absolute Gasteiger partial charge is 0.338 e. The summed E-state index contributed by atoms with van der Waals surface area (Å²) in [5.74, 6) is -0.906. The van der Waals surface area contributed by atoms with E-state index in [1.165, 1.54) is 6.92 Å². The molecule has 0 aliphatic carbocycles. The highest BCUT2D eigenvalue weighted by molar-refractivity contribution is 9.10. The van der Waals surface area contributed by atoms with Gasteiger partial charge in [0.15, 0.2) is 6.10 Å². The Labute approximate surface area is 131 Å². The Kier molecular flexibility index (Phi) is 5.11. The Morgan fingerprint density at radius 2 is 1.81 bits per heavy atom. The molecule has 4 nitrogen and oxygen atoms in total. The van der Waals surface area contributed by atoms with E-state index in [0.717, 1.165) is 4.47 Å². The number of benzene rings is 2. The lowest BCUT2D eigenvalue weighted by molar-refractivity contribution is -0.123. The minimum absolute atomic E-state index is 0.371. The highest BCUT2D eigenvalue weighted by Crippen LogP contribution is 2.13. The van der Waals surface area contributed by atoms with Gasteiger partial charge in [0, 0.05) is 10.2 Å². The predicted octanol–water partition coefficient (Wildman–Crippen LogP) is 3.63. The molecule has 0 fully saturated rings. The number of ether oxygens (including phenoxy) is 1. The first-order valence-electron chi connectivity index (χ1n) is 6.39. The molecular weight excluding hydrogens is 334 g/mol. The van der Waals surface area contributed by atoms with Crippen molar-refractivity contribution in [3.8, 4) is 0 Å². The number of hydrogen-bond donors (Lipinski definition) is 1. The molecule has 1 N–H and O–H groups in total. The molecule has 1 atom stereocenters. The van der Waals surface area contributed by atoms with Gasteiger partial charge in [-0.25, -0.2) is 4.79 Å². The summed E-state index contributed by atoms with van der Waals surface area (Å²) in [5.41, 5.74) is 1.05. The average molecular weight is 348 g/mol. The molecule has 0 saturated heterocycles. The SMILES string of the molecule is CC(OC(=O)c1cccc(Br)c1)C(=O)Nc1ccccc1. The van der Waals surface area contributed by atoms with Crippen molar-refractivity contribution in [2.45, 2.75) is 13.0 Å². The molecule has 5 heteroatoms. The van der Waals surface area contributed by atoms with Crippen molar-refractivity contribution >= 4 is 33.5 Å². The summed E-state index contributed by atoms with van der Waals surface area (Å²) in [5, 5.41) is 2.68. The molecule has 21 heavy (non-hydrogen) atoms. The lowest BCUT2D eigenvalue weighted by Gasteiger charge is -2.13. The fourth-order valence-electron chi connectivity index (χ4n) is 1.66. The average Bonchev–Trinajstić information content (AvgIpc) is 2.48. The zero-order chi connectivity index (χ0) is 15.2. The summed E-state index contributed by atoms with van der Waals surface area (Å²) in [6, 6.07) is 15.8. The zero-order valence-electron chi connectivity index (χ0n) is 11.4. The first-order chi connectivity index (χ1) is 10.1. The first kappa shape index (κ1) is 15.3. The number of para-hydroxylation sites is 1. The largest absolute Gasteiger partial charge is 0.449 e. The molecule has 0 heterocycles. The highest BCUT2D eigenvalue weighted by atomic mass is 79.9. The maximum absolute atomic E-state index is 11.9. The third-order valence-corrected chi connectivity index (χ3v) is 3.25. The Bertz CT molecular complexity index is 643. The molecule has 108 valence electrons. The highest BCUT2D eigenvalue weighted by Gasteiger charge is 2.19. The van der Waals surface area contributed by atoms with Gasteiger partial charge in [-0.2, -0.15) is 0 Å². The van der Waals surface area contributed by atoms with Crippen LogP contribution in [0, 0.1) is 0 Å². The predicted molar refractivity (Wildman–Crippen MR) is 84.1 cm³/mol. The van der Waals surface area contributed by atoms with E-state index < -0.39 is 12.1 Å². The number of anilines is 1. The summed E-state index contributed by atoms with van der Waals surface area (Å²) < 4.78 is 5.93. The van der Waals surface area contributed by atoms with Gasteiger partial charge in [-0.05, 0) is 37.3 Å². The number of halogens is 1. The van der Waals surface area contributed by atoms with Gasteiger partial charge in [-0.1, -0.05) is 40.2 Å². The van der Waals surface area contributed by atoms with Gasteiger partial charge < -0.3 is 10.1 Å². The number of carbonyl (C=O) groups excluding carboxylic acids is 2. The molecule has 1 unspecified atom stereocenters. The molecule has 0 spiro atoms. The molecular formula is C16H14BrNO3. The van der Waals surface area contributed by atoms with Crippen LogP contribution in [0.3, 0.4) is 0 Å². The molecule has 1 amide bonds. The number of hydrogen-bond acceptors (Lipinski definition) is 3. The molecule has 0 radical (unpaired) electrons. The van der Waals surface area contributed by atoms with Crippen molar-refractivity contribution < 1.29 is 14.3 Å². The topological polar surface area (TPSA) is 55.4 Å². The molecule has 2 aromatic carbocycles. The van der Waals surface area contributed by atoms with E-state index in [4.69, 9.17) is 4.74 Å². The number of amides is 1. The van der Waals surface area contributed by atoms with Gasteiger partial charge >= 0.3 is 5.97 Å². The number of carbonyl (C=O) groups is 2. The third-order valence-electron chi connectivity index (χ3n) is 2.75. The van der Waals surface area contributed by atoms with Gasteiger partial charge in [0.05, 0.1) is 5.56 Å². The van der Waals surface area contributed by atoms with Crippen LogP contribution < -0.4 is 5.32 Å². The van der Waals surface area contributed by atoms with Crippen LogP contribution in [0.15, 0.2) is 59.1 Å². The number of rotatable bonds is 4. The Morgan fingerprint density at radius 1 is 1.10 bits per heavy atom. The van der Waals surface area contributed by atoms with E-state index in [1.807, 2.05) is 24.3 Å². The summed E-state index contributed by atoms with van der Waals surface area (Å²) in [4.78, 5) is 23.9. The lowest BCUT2D eigenvalue weighted by atomic mass is 10.2. The van der Waals surface area contributed by atoms with Gasteiger partial charge in [-0.3, -0.25) is 4.79 Å². The molecule has 2 aromatic rings. The first-order valence-corrected chi connectivity index (χ1v) is 7.18. The number of nitrogens with one attached hydrogen (secondary N) is 1. The van der Waals surface area contributed by atoms with Crippen LogP contribution >= 0.6 is 15.9 Å². The fraction of sp³-hybridized carbons (Fsp3) is 0.125. The molecule has 0 aliphatic rings. The molecule has 0 saturated carbocycles.